The average molecular weight is 475 g/mol. The Balaban J connectivity index is 1.32. The van der Waals surface area contributed by atoms with Gasteiger partial charge in [-0.3, -0.25) is 10.1 Å². The van der Waals surface area contributed by atoms with Crippen LogP contribution in [0, 0.1) is 0 Å². The molecule has 0 saturated heterocycles. The number of benzene rings is 3. The van der Waals surface area contributed by atoms with Crippen LogP contribution in [0.3, 0.4) is 0 Å². The molecule has 0 fully saturated rings. The van der Waals surface area contributed by atoms with Crippen LogP contribution in [0.1, 0.15) is 47.2 Å². The number of carbonyl (C=O) groups excluding carboxylic acids is 1. The Morgan fingerprint density at radius 1 is 1.03 bits per heavy atom. The SMILES string of the molecule is C[C@H](Cc1cccc(CC(=O)NC2Cc3ccccc3C2)c1)N[C@](C)(O)c1ccc(O)c(CO)c1. The van der Waals surface area contributed by atoms with E-state index in [0.29, 0.717) is 24.0 Å². The zero-order valence-electron chi connectivity index (χ0n) is 20.3. The van der Waals surface area contributed by atoms with Crippen LogP contribution in [0.2, 0.25) is 0 Å². The summed E-state index contributed by atoms with van der Waals surface area (Å²) in [7, 11) is 0. The molecule has 0 unspecified atom stereocenters. The lowest BCUT2D eigenvalue weighted by molar-refractivity contribution is -0.121. The maximum Gasteiger partial charge on any atom is 0.224 e. The van der Waals surface area contributed by atoms with E-state index in [2.05, 4.69) is 22.8 Å². The fourth-order valence-corrected chi connectivity index (χ4v) is 4.97. The molecule has 35 heavy (non-hydrogen) atoms. The van der Waals surface area contributed by atoms with Crippen molar-refractivity contribution in [1.29, 1.82) is 0 Å². The second kappa shape index (κ2) is 10.6. The molecule has 1 aliphatic carbocycles. The van der Waals surface area contributed by atoms with Gasteiger partial charge < -0.3 is 20.6 Å². The molecular weight excluding hydrogens is 440 g/mol. The Morgan fingerprint density at radius 2 is 1.71 bits per heavy atom. The number of aromatic hydroxyl groups is 1. The average Bonchev–Trinajstić information content (AvgIpc) is 3.21. The molecule has 3 aromatic carbocycles. The molecule has 1 amide bonds. The van der Waals surface area contributed by atoms with Gasteiger partial charge in [0, 0.05) is 17.6 Å². The summed E-state index contributed by atoms with van der Waals surface area (Å²) in [6, 6.07) is 21.1. The van der Waals surface area contributed by atoms with Crippen molar-refractivity contribution in [3.05, 3.63) is 100 Å². The van der Waals surface area contributed by atoms with Crippen molar-refractivity contribution in [3.8, 4) is 5.75 Å². The van der Waals surface area contributed by atoms with E-state index in [0.717, 1.165) is 24.0 Å². The summed E-state index contributed by atoms with van der Waals surface area (Å²) in [5.74, 6) is 0.0273. The van der Waals surface area contributed by atoms with Gasteiger partial charge in [0.25, 0.3) is 0 Å². The lowest BCUT2D eigenvalue weighted by Gasteiger charge is -2.30. The highest BCUT2D eigenvalue weighted by Crippen LogP contribution is 2.26. The third-order valence-electron chi connectivity index (χ3n) is 6.65. The smallest absolute Gasteiger partial charge is 0.224 e. The topological polar surface area (TPSA) is 102 Å². The molecular formula is C29H34N2O4. The summed E-state index contributed by atoms with van der Waals surface area (Å²) in [4.78, 5) is 12.7. The van der Waals surface area contributed by atoms with Crippen molar-refractivity contribution in [2.45, 2.75) is 63.9 Å². The van der Waals surface area contributed by atoms with Crippen molar-refractivity contribution in [2.75, 3.05) is 0 Å². The van der Waals surface area contributed by atoms with Crippen LogP contribution in [-0.4, -0.2) is 33.3 Å². The molecule has 3 aromatic rings. The molecule has 0 saturated carbocycles. The molecule has 2 atom stereocenters. The van der Waals surface area contributed by atoms with Gasteiger partial charge in [0.15, 0.2) is 0 Å². The first-order valence-corrected chi connectivity index (χ1v) is 12.1. The van der Waals surface area contributed by atoms with E-state index in [1.54, 1.807) is 19.1 Å². The van der Waals surface area contributed by atoms with Gasteiger partial charge in [-0.1, -0.05) is 54.6 Å². The molecule has 0 heterocycles. The molecule has 0 aliphatic heterocycles. The van der Waals surface area contributed by atoms with E-state index in [1.165, 1.54) is 17.2 Å². The molecule has 0 radical (unpaired) electrons. The van der Waals surface area contributed by atoms with Crippen LogP contribution in [-0.2, 0) is 42.8 Å². The molecule has 0 bridgehead atoms. The summed E-state index contributed by atoms with van der Waals surface area (Å²) in [6.07, 6.45) is 2.75. The highest BCUT2D eigenvalue weighted by molar-refractivity contribution is 5.79. The van der Waals surface area contributed by atoms with E-state index in [4.69, 9.17) is 0 Å². The molecule has 4 rings (SSSR count). The second-order valence-corrected chi connectivity index (χ2v) is 9.76. The molecule has 5 N–H and O–H groups in total. The maximum absolute atomic E-state index is 12.7. The van der Waals surface area contributed by atoms with Gasteiger partial charge >= 0.3 is 0 Å². The van der Waals surface area contributed by atoms with Crippen molar-refractivity contribution < 1.29 is 20.1 Å². The first-order chi connectivity index (χ1) is 16.7. The summed E-state index contributed by atoms with van der Waals surface area (Å²) in [6.45, 7) is 3.33. The van der Waals surface area contributed by atoms with Gasteiger partial charge in [-0.15, -0.1) is 0 Å². The standard InChI is InChI=1S/C29H34N2O4/c1-19(31-29(2,35)25-10-11-27(33)24(15-25)18-32)12-20-6-5-7-21(13-20)14-28(34)30-26-16-22-8-3-4-9-23(22)17-26/h3-11,13,15,19,26,31-33,35H,12,14,16-18H2,1-2H3,(H,30,34)/t19-,29-/m1/s1. The monoisotopic (exact) mass is 474 g/mol. The van der Waals surface area contributed by atoms with Crippen LogP contribution < -0.4 is 10.6 Å². The van der Waals surface area contributed by atoms with Crippen LogP contribution in [0.15, 0.2) is 66.7 Å². The minimum Gasteiger partial charge on any atom is -0.508 e. The molecule has 184 valence electrons. The van der Waals surface area contributed by atoms with E-state index < -0.39 is 5.72 Å². The molecule has 0 aromatic heterocycles. The van der Waals surface area contributed by atoms with Gasteiger partial charge in [-0.05, 0) is 73.1 Å². The summed E-state index contributed by atoms with van der Waals surface area (Å²) in [5, 5.41) is 36.6. The third-order valence-corrected chi connectivity index (χ3v) is 6.65. The predicted molar refractivity (Wildman–Crippen MR) is 136 cm³/mol. The first kappa shape index (κ1) is 24.9. The highest BCUT2D eigenvalue weighted by atomic mass is 16.3. The Hall–Kier alpha value is -3.19. The minimum atomic E-state index is -1.34. The number of carbonyl (C=O) groups is 1. The van der Waals surface area contributed by atoms with E-state index in [-0.39, 0.29) is 30.3 Å². The Bertz CT molecular complexity index is 1170. The quantitative estimate of drug-likeness (QED) is 0.307. The number of fused-ring (bicyclic) bond motifs is 1. The van der Waals surface area contributed by atoms with Crippen molar-refractivity contribution in [2.24, 2.45) is 0 Å². The van der Waals surface area contributed by atoms with Crippen LogP contribution in [0.25, 0.3) is 0 Å². The van der Waals surface area contributed by atoms with Gasteiger partial charge in [-0.25, -0.2) is 0 Å². The number of amides is 1. The normalized spacial score (nSPS) is 15.9. The number of phenols is 1. The number of rotatable bonds is 9. The zero-order chi connectivity index (χ0) is 25.0. The van der Waals surface area contributed by atoms with Crippen molar-refractivity contribution >= 4 is 5.91 Å². The number of aliphatic hydroxyl groups excluding tert-OH is 1. The molecule has 0 spiro atoms. The fourth-order valence-electron chi connectivity index (χ4n) is 4.97. The highest BCUT2D eigenvalue weighted by Gasteiger charge is 2.26. The predicted octanol–water partition coefficient (Wildman–Crippen LogP) is 3.10. The van der Waals surface area contributed by atoms with Crippen LogP contribution >= 0.6 is 0 Å². The first-order valence-electron chi connectivity index (χ1n) is 12.1. The lowest BCUT2D eigenvalue weighted by Crippen LogP contribution is -2.45. The molecule has 6 heteroatoms. The van der Waals surface area contributed by atoms with Gasteiger partial charge in [-0.2, -0.15) is 0 Å². The molecule has 6 nitrogen and oxygen atoms in total. The van der Waals surface area contributed by atoms with Gasteiger partial charge in [0.1, 0.15) is 11.5 Å². The van der Waals surface area contributed by atoms with Gasteiger partial charge in [0.2, 0.25) is 5.91 Å². The Labute approximate surface area is 206 Å². The van der Waals surface area contributed by atoms with Crippen LogP contribution in [0.5, 0.6) is 5.75 Å². The zero-order valence-corrected chi connectivity index (χ0v) is 20.3. The van der Waals surface area contributed by atoms with Crippen molar-refractivity contribution in [1.82, 2.24) is 10.6 Å². The summed E-state index contributed by atoms with van der Waals surface area (Å²) in [5.41, 5.74) is 4.25. The van der Waals surface area contributed by atoms with Crippen LogP contribution in [0.4, 0.5) is 0 Å². The number of nitrogens with one attached hydrogen (secondary N) is 2. The Morgan fingerprint density at radius 3 is 2.40 bits per heavy atom. The molecule has 1 aliphatic rings. The number of aliphatic hydroxyl groups is 2. The van der Waals surface area contributed by atoms with E-state index in [1.807, 2.05) is 43.3 Å². The van der Waals surface area contributed by atoms with Gasteiger partial charge in [0.05, 0.1) is 13.0 Å². The number of hydrogen-bond acceptors (Lipinski definition) is 5. The number of hydrogen-bond donors (Lipinski definition) is 5. The van der Waals surface area contributed by atoms with Crippen molar-refractivity contribution in [3.63, 3.8) is 0 Å². The second-order valence-electron chi connectivity index (χ2n) is 9.76. The Kier molecular flexibility index (Phi) is 7.55. The fraction of sp³-hybridized carbons (Fsp3) is 0.345. The summed E-state index contributed by atoms with van der Waals surface area (Å²) < 4.78 is 0. The van der Waals surface area contributed by atoms with E-state index >= 15 is 0 Å². The lowest BCUT2D eigenvalue weighted by atomic mass is 9.98. The minimum absolute atomic E-state index is 0.00146. The van der Waals surface area contributed by atoms with E-state index in [9.17, 15) is 20.1 Å². The largest absolute Gasteiger partial charge is 0.508 e. The summed E-state index contributed by atoms with van der Waals surface area (Å²) >= 11 is 0. The third kappa shape index (κ3) is 6.28. The maximum atomic E-state index is 12.7.